The van der Waals surface area contributed by atoms with Crippen molar-refractivity contribution in [1.82, 2.24) is 9.88 Å². The molecule has 128 valence electrons. The van der Waals surface area contributed by atoms with Crippen LogP contribution in [0.5, 0.6) is 0 Å². The summed E-state index contributed by atoms with van der Waals surface area (Å²) in [5.74, 6) is -1.57. The van der Waals surface area contributed by atoms with E-state index >= 15 is 0 Å². The number of nitrogens with one attached hydrogen (secondary N) is 1. The number of aliphatic hydroxyl groups is 1. The van der Waals surface area contributed by atoms with Crippen LogP contribution in [0.1, 0.15) is 21.7 Å². The second-order valence-electron chi connectivity index (χ2n) is 5.33. The fourth-order valence-electron chi connectivity index (χ4n) is 2.54. The molecule has 0 radical (unpaired) electrons. The molecule has 6 nitrogen and oxygen atoms in total. The molecule has 7 heteroatoms. The van der Waals surface area contributed by atoms with Gasteiger partial charge in [-0.2, -0.15) is 0 Å². The number of ether oxygens (including phenoxy) is 1. The van der Waals surface area contributed by atoms with Crippen LogP contribution < -0.4 is 5.32 Å². The first-order chi connectivity index (χ1) is 11.4. The van der Waals surface area contributed by atoms with Crippen molar-refractivity contribution >= 4 is 11.9 Å². The minimum atomic E-state index is -1.13. The molecule has 0 saturated carbocycles. The van der Waals surface area contributed by atoms with Gasteiger partial charge in [-0.05, 0) is 44.2 Å². The van der Waals surface area contributed by atoms with Crippen LogP contribution in [-0.2, 0) is 9.53 Å². The number of benzene rings is 1. The van der Waals surface area contributed by atoms with Crippen LogP contribution >= 0.6 is 0 Å². The highest BCUT2D eigenvalue weighted by molar-refractivity contribution is 5.98. The maximum Gasteiger partial charge on any atom is 0.330 e. The normalized spacial score (nSPS) is 11.9. The number of hydrogen-bond donors (Lipinski definition) is 2. The average molecular weight is 334 g/mol. The summed E-state index contributed by atoms with van der Waals surface area (Å²) in [5.41, 5.74) is 2.50. The number of aliphatic hydroxyl groups excluding tert-OH is 1. The fourth-order valence-corrected chi connectivity index (χ4v) is 2.54. The van der Waals surface area contributed by atoms with Crippen molar-refractivity contribution < 1.29 is 23.8 Å². The van der Waals surface area contributed by atoms with Gasteiger partial charge in [0.15, 0.2) is 6.04 Å². The topological polar surface area (TPSA) is 80.6 Å². The van der Waals surface area contributed by atoms with Gasteiger partial charge in [0.25, 0.3) is 5.91 Å². The maximum absolute atomic E-state index is 13.1. The highest BCUT2D eigenvalue weighted by Crippen LogP contribution is 2.21. The molecular weight excluding hydrogens is 315 g/mol. The van der Waals surface area contributed by atoms with Gasteiger partial charge in [0.2, 0.25) is 0 Å². The summed E-state index contributed by atoms with van der Waals surface area (Å²) in [6.07, 6.45) is 0. The number of hydrogen-bond acceptors (Lipinski definition) is 4. The van der Waals surface area contributed by atoms with Gasteiger partial charge in [-0.3, -0.25) is 4.79 Å². The summed E-state index contributed by atoms with van der Waals surface area (Å²) in [7, 11) is 1.18. The molecule has 0 fully saturated rings. The number of halogens is 1. The summed E-state index contributed by atoms with van der Waals surface area (Å²) in [4.78, 5) is 23.9. The molecule has 2 N–H and O–H groups in total. The lowest BCUT2D eigenvalue weighted by atomic mass is 10.2. The number of carbonyl (C=O) groups excluding carboxylic acids is 2. The molecule has 0 unspecified atom stereocenters. The Kier molecular flexibility index (Phi) is 5.35. The summed E-state index contributed by atoms with van der Waals surface area (Å²) in [6, 6.07) is 6.44. The minimum absolute atomic E-state index is 0.344. The predicted octanol–water partition coefficient (Wildman–Crippen LogP) is 1.50. The molecule has 0 aliphatic rings. The summed E-state index contributed by atoms with van der Waals surface area (Å²) < 4.78 is 19.4. The Bertz CT molecular complexity index is 753. The lowest BCUT2D eigenvalue weighted by Crippen LogP contribution is -2.44. The Hall–Kier alpha value is -2.67. The average Bonchev–Trinajstić information content (AvgIpc) is 2.87. The Labute approximate surface area is 138 Å². The van der Waals surface area contributed by atoms with Crippen molar-refractivity contribution in [2.45, 2.75) is 19.9 Å². The van der Waals surface area contributed by atoms with Crippen LogP contribution in [-0.4, -0.2) is 41.3 Å². The van der Waals surface area contributed by atoms with Crippen molar-refractivity contribution in [2.75, 3.05) is 13.7 Å². The zero-order valence-electron chi connectivity index (χ0n) is 13.7. The Morgan fingerprint density at radius 1 is 1.29 bits per heavy atom. The van der Waals surface area contributed by atoms with E-state index in [0.717, 1.165) is 11.4 Å². The van der Waals surface area contributed by atoms with Crippen LogP contribution in [0.2, 0.25) is 0 Å². The number of aryl methyl sites for hydroxylation is 1. The maximum atomic E-state index is 13.1. The highest BCUT2D eigenvalue weighted by atomic mass is 19.1. The van der Waals surface area contributed by atoms with Gasteiger partial charge in [0.1, 0.15) is 5.82 Å². The number of aromatic nitrogens is 1. The lowest BCUT2D eigenvalue weighted by Gasteiger charge is -2.14. The van der Waals surface area contributed by atoms with Crippen molar-refractivity contribution in [3.63, 3.8) is 0 Å². The second kappa shape index (κ2) is 7.27. The van der Waals surface area contributed by atoms with E-state index in [4.69, 9.17) is 0 Å². The van der Waals surface area contributed by atoms with Gasteiger partial charge in [-0.25, -0.2) is 9.18 Å². The largest absolute Gasteiger partial charge is 0.467 e. The van der Waals surface area contributed by atoms with Crippen LogP contribution in [0, 0.1) is 19.7 Å². The van der Waals surface area contributed by atoms with Gasteiger partial charge < -0.3 is 19.7 Å². The first-order valence-electron chi connectivity index (χ1n) is 7.33. The molecule has 0 spiro atoms. The minimum Gasteiger partial charge on any atom is -0.467 e. The Morgan fingerprint density at radius 2 is 1.92 bits per heavy atom. The molecule has 1 aromatic heterocycles. The van der Waals surface area contributed by atoms with E-state index in [-0.39, 0.29) is 5.82 Å². The number of esters is 1. The molecule has 24 heavy (non-hydrogen) atoms. The molecular formula is C17H19FN2O4. The van der Waals surface area contributed by atoms with Crippen LogP contribution in [0.15, 0.2) is 30.3 Å². The molecule has 2 rings (SSSR count). The number of carbonyl (C=O) groups is 2. The number of methoxy groups -OCH3 is 1. The van der Waals surface area contributed by atoms with Crippen molar-refractivity contribution in [3.05, 3.63) is 53.1 Å². The summed E-state index contributed by atoms with van der Waals surface area (Å²) in [6.45, 7) is 3.00. The van der Waals surface area contributed by atoms with Gasteiger partial charge in [0.05, 0.1) is 19.3 Å². The zero-order chi connectivity index (χ0) is 17.9. The van der Waals surface area contributed by atoms with E-state index in [1.807, 2.05) is 6.92 Å². The van der Waals surface area contributed by atoms with E-state index in [1.165, 1.54) is 19.2 Å². The van der Waals surface area contributed by atoms with Crippen molar-refractivity contribution in [3.8, 4) is 5.69 Å². The number of amides is 1. The standard InChI is InChI=1S/C17H19FN2O4/c1-10-8-14(16(22)19-15(9-21)17(23)24-3)11(2)20(10)13-6-4-12(18)5-7-13/h4-8,15,21H,9H2,1-3H3,(H,19,22)/t15-/m0/s1. The van der Waals surface area contributed by atoms with E-state index in [2.05, 4.69) is 10.1 Å². The fraction of sp³-hybridized carbons (Fsp3) is 0.294. The molecule has 0 bridgehead atoms. The summed E-state index contributed by atoms with van der Waals surface area (Å²) in [5, 5.41) is 11.6. The molecule has 1 aromatic carbocycles. The van der Waals surface area contributed by atoms with E-state index in [9.17, 15) is 19.1 Å². The molecule has 0 saturated heterocycles. The van der Waals surface area contributed by atoms with Gasteiger partial charge in [-0.15, -0.1) is 0 Å². The molecule has 1 atom stereocenters. The van der Waals surface area contributed by atoms with Gasteiger partial charge in [0, 0.05) is 17.1 Å². The Morgan fingerprint density at radius 3 is 2.46 bits per heavy atom. The molecule has 1 amide bonds. The monoisotopic (exact) mass is 334 g/mol. The third kappa shape index (κ3) is 3.46. The van der Waals surface area contributed by atoms with Crippen molar-refractivity contribution in [1.29, 1.82) is 0 Å². The first kappa shape index (κ1) is 17.7. The smallest absolute Gasteiger partial charge is 0.330 e. The third-order valence-electron chi connectivity index (χ3n) is 3.73. The zero-order valence-corrected chi connectivity index (χ0v) is 13.7. The molecule has 0 aliphatic carbocycles. The van der Waals surface area contributed by atoms with Crippen LogP contribution in [0.3, 0.4) is 0 Å². The van der Waals surface area contributed by atoms with E-state index in [1.54, 1.807) is 29.7 Å². The quantitative estimate of drug-likeness (QED) is 0.812. The molecule has 2 aromatic rings. The Balaban J connectivity index is 2.32. The van der Waals surface area contributed by atoms with Crippen molar-refractivity contribution in [2.24, 2.45) is 0 Å². The van der Waals surface area contributed by atoms with E-state index in [0.29, 0.717) is 11.3 Å². The number of rotatable bonds is 5. The van der Waals surface area contributed by atoms with Gasteiger partial charge >= 0.3 is 5.97 Å². The number of nitrogens with zero attached hydrogens (tertiary/aromatic N) is 1. The van der Waals surface area contributed by atoms with Crippen LogP contribution in [0.25, 0.3) is 5.69 Å². The first-order valence-corrected chi connectivity index (χ1v) is 7.33. The highest BCUT2D eigenvalue weighted by Gasteiger charge is 2.24. The van der Waals surface area contributed by atoms with E-state index < -0.39 is 24.5 Å². The third-order valence-corrected chi connectivity index (χ3v) is 3.73. The predicted molar refractivity (Wildman–Crippen MR) is 85.6 cm³/mol. The SMILES string of the molecule is COC(=O)[C@H](CO)NC(=O)c1cc(C)n(-c2ccc(F)cc2)c1C. The summed E-state index contributed by atoms with van der Waals surface area (Å²) >= 11 is 0. The van der Waals surface area contributed by atoms with Gasteiger partial charge in [-0.1, -0.05) is 0 Å². The molecule has 0 aliphatic heterocycles. The second-order valence-corrected chi connectivity index (χ2v) is 5.33. The lowest BCUT2D eigenvalue weighted by molar-refractivity contribution is -0.143. The molecule has 1 heterocycles. The van der Waals surface area contributed by atoms with Crippen LogP contribution in [0.4, 0.5) is 4.39 Å².